The second-order valence-electron chi connectivity index (χ2n) is 8.96. The van der Waals surface area contributed by atoms with Crippen LogP contribution in [-0.2, 0) is 18.4 Å². The summed E-state index contributed by atoms with van der Waals surface area (Å²) in [4.78, 5) is 14.6. The topological polar surface area (TPSA) is 35.5 Å². The number of rotatable bonds is 9. The Morgan fingerprint density at radius 3 is 2.45 bits per heavy atom. The van der Waals surface area contributed by atoms with Gasteiger partial charge in [-0.25, -0.2) is 0 Å². The number of hydrogen-bond donors (Lipinski definition) is 0. The fraction of sp³-hybridized carbons (Fsp3) is 0.321. The zero-order valence-electron chi connectivity index (χ0n) is 19.9. The van der Waals surface area contributed by atoms with Crippen molar-refractivity contribution < 1.29 is 14.3 Å². The van der Waals surface area contributed by atoms with Crippen LogP contribution in [0.5, 0.6) is 11.5 Å². The van der Waals surface area contributed by atoms with Gasteiger partial charge >= 0.3 is 0 Å². The summed E-state index contributed by atoms with van der Waals surface area (Å²) < 4.78 is 12.5. The van der Waals surface area contributed by atoms with Gasteiger partial charge in [-0.1, -0.05) is 58.4 Å². The highest BCUT2D eigenvalue weighted by Gasteiger charge is 2.14. The number of thiophene rings is 1. The van der Waals surface area contributed by atoms with E-state index in [0.717, 1.165) is 44.8 Å². The number of ether oxygens (including phenoxy) is 2. The fourth-order valence-corrected chi connectivity index (χ4v) is 5.30. The third kappa shape index (κ3) is 6.81. The van der Waals surface area contributed by atoms with Gasteiger partial charge < -0.3 is 9.47 Å². The van der Waals surface area contributed by atoms with Gasteiger partial charge in [-0.15, -0.1) is 11.3 Å². The molecule has 0 saturated heterocycles. The minimum atomic E-state index is 0.00982. The maximum absolute atomic E-state index is 12.7. The molecule has 5 heteroatoms. The van der Waals surface area contributed by atoms with Crippen molar-refractivity contribution in [1.82, 2.24) is 0 Å². The predicted molar refractivity (Wildman–Crippen MR) is 142 cm³/mol. The van der Waals surface area contributed by atoms with E-state index < -0.39 is 0 Å². The number of carbonyl (C=O) groups is 1. The standard InChI is InChI=1S/C28H31BrO3S/c1-6-7-26-23(29)17-27(33-26)24(30)14-8-19-9-15-25(31-5)20(16-19)18-32-22-12-10-21(11-13-22)28(2,3)4/h8-17H,6-7,18H2,1-5H3/b14-8+. The summed E-state index contributed by atoms with van der Waals surface area (Å²) in [5, 5.41) is 0. The molecule has 33 heavy (non-hydrogen) atoms. The van der Waals surface area contributed by atoms with Crippen molar-refractivity contribution in [2.24, 2.45) is 0 Å². The number of hydrogen-bond acceptors (Lipinski definition) is 4. The number of methoxy groups -OCH3 is 1. The highest BCUT2D eigenvalue weighted by molar-refractivity contribution is 9.10. The van der Waals surface area contributed by atoms with Crippen LogP contribution in [0.3, 0.4) is 0 Å². The molecule has 0 fully saturated rings. The molecule has 0 aliphatic carbocycles. The number of carbonyl (C=O) groups excluding carboxylic acids is 1. The SMILES string of the molecule is CCCc1sc(C(=O)/C=C/c2ccc(OC)c(COc3ccc(C(C)(C)C)cc3)c2)cc1Br. The van der Waals surface area contributed by atoms with E-state index in [1.54, 1.807) is 24.5 Å². The Kier molecular flexibility index (Phi) is 8.55. The molecule has 3 aromatic rings. The number of benzene rings is 2. The van der Waals surface area contributed by atoms with Gasteiger partial charge in [-0.2, -0.15) is 0 Å². The van der Waals surface area contributed by atoms with Crippen LogP contribution < -0.4 is 9.47 Å². The van der Waals surface area contributed by atoms with E-state index in [-0.39, 0.29) is 11.2 Å². The molecule has 3 rings (SSSR count). The Balaban J connectivity index is 1.71. The number of halogens is 1. The molecule has 0 N–H and O–H groups in total. The van der Waals surface area contributed by atoms with E-state index in [4.69, 9.17) is 9.47 Å². The molecular formula is C28H31BrO3S. The number of ketones is 1. The molecule has 0 saturated carbocycles. The highest BCUT2D eigenvalue weighted by atomic mass is 79.9. The second-order valence-corrected chi connectivity index (χ2v) is 11.0. The van der Waals surface area contributed by atoms with E-state index in [1.807, 2.05) is 42.5 Å². The molecule has 0 aliphatic heterocycles. The quantitative estimate of drug-likeness (QED) is 0.208. The average molecular weight is 528 g/mol. The third-order valence-electron chi connectivity index (χ3n) is 5.32. The van der Waals surface area contributed by atoms with Crippen LogP contribution in [0.2, 0.25) is 0 Å². The summed E-state index contributed by atoms with van der Waals surface area (Å²) in [6.07, 6.45) is 5.51. The van der Waals surface area contributed by atoms with Crippen LogP contribution in [0.15, 0.2) is 59.1 Å². The molecule has 0 radical (unpaired) electrons. The van der Waals surface area contributed by atoms with Gasteiger partial charge in [-0.3, -0.25) is 4.79 Å². The molecule has 0 spiro atoms. The zero-order valence-corrected chi connectivity index (χ0v) is 22.3. The first-order valence-corrected chi connectivity index (χ1v) is 12.7. The van der Waals surface area contributed by atoms with Crippen molar-refractivity contribution in [3.8, 4) is 11.5 Å². The van der Waals surface area contributed by atoms with Crippen molar-refractivity contribution in [1.29, 1.82) is 0 Å². The van der Waals surface area contributed by atoms with Crippen LogP contribution in [0.1, 0.15) is 65.4 Å². The minimum absolute atomic E-state index is 0.00982. The molecule has 0 amide bonds. The van der Waals surface area contributed by atoms with Crippen molar-refractivity contribution in [3.63, 3.8) is 0 Å². The first kappa shape index (κ1) is 25.3. The largest absolute Gasteiger partial charge is 0.496 e. The molecular weight excluding hydrogens is 496 g/mol. The molecule has 2 aromatic carbocycles. The summed E-state index contributed by atoms with van der Waals surface area (Å²) in [5.41, 5.74) is 3.23. The molecule has 0 bridgehead atoms. The predicted octanol–water partition coefficient (Wildman–Crippen LogP) is 8.24. The van der Waals surface area contributed by atoms with Gasteiger partial charge in [0.2, 0.25) is 0 Å². The maximum atomic E-state index is 12.7. The molecule has 0 aliphatic rings. The molecule has 1 aromatic heterocycles. The third-order valence-corrected chi connectivity index (χ3v) is 7.50. The van der Waals surface area contributed by atoms with Crippen molar-refractivity contribution in [3.05, 3.63) is 85.5 Å². The first-order chi connectivity index (χ1) is 15.7. The van der Waals surface area contributed by atoms with Gasteiger partial charge in [0.15, 0.2) is 5.78 Å². The van der Waals surface area contributed by atoms with E-state index >= 15 is 0 Å². The average Bonchev–Trinajstić information content (AvgIpc) is 3.16. The van der Waals surface area contributed by atoms with Crippen molar-refractivity contribution >= 4 is 39.1 Å². The van der Waals surface area contributed by atoms with Gasteiger partial charge in [0.05, 0.1) is 12.0 Å². The highest BCUT2D eigenvalue weighted by Crippen LogP contribution is 2.30. The minimum Gasteiger partial charge on any atom is -0.496 e. The van der Waals surface area contributed by atoms with Gasteiger partial charge in [0, 0.05) is 14.9 Å². The first-order valence-electron chi connectivity index (χ1n) is 11.1. The Morgan fingerprint density at radius 2 is 1.82 bits per heavy atom. The van der Waals surface area contributed by atoms with E-state index in [1.165, 1.54) is 10.4 Å². The summed E-state index contributed by atoms with van der Waals surface area (Å²) >= 11 is 5.12. The van der Waals surface area contributed by atoms with Crippen LogP contribution in [0, 0.1) is 0 Å². The lowest BCUT2D eigenvalue weighted by molar-refractivity contribution is 0.105. The summed E-state index contributed by atoms with van der Waals surface area (Å²) in [6.45, 7) is 9.10. The number of aryl methyl sites for hydroxylation is 1. The Bertz CT molecular complexity index is 1120. The van der Waals surface area contributed by atoms with Crippen LogP contribution in [0.25, 0.3) is 6.08 Å². The monoisotopic (exact) mass is 526 g/mol. The van der Waals surface area contributed by atoms with Crippen LogP contribution in [0.4, 0.5) is 0 Å². The molecule has 174 valence electrons. The van der Waals surface area contributed by atoms with Gasteiger partial charge in [0.25, 0.3) is 0 Å². The lowest BCUT2D eigenvalue weighted by atomic mass is 9.87. The molecule has 3 nitrogen and oxygen atoms in total. The second kappa shape index (κ2) is 11.2. The molecule has 1 heterocycles. The van der Waals surface area contributed by atoms with Gasteiger partial charge in [0.1, 0.15) is 18.1 Å². The Morgan fingerprint density at radius 1 is 1.09 bits per heavy atom. The normalized spacial score (nSPS) is 11.7. The zero-order chi connectivity index (χ0) is 24.0. The van der Waals surface area contributed by atoms with Gasteiger partial charge in [-0.05, 0) is 75.3 Å². The van der Waals surface area contributed by atoms with Crippen molar-refractivity contribution in [2.75, 3.05) is 7.11 Å². The van der Waals surface area contributed by atoms with Crippen LogP contribution >= 0.6 is 27.3 Å². The lowest BCUT2D eigenvalue weighted by Gasteiger charge is -2.19. The summed E-state index contributed by atoms with van der Waals surface area (Å²) in [7, 11) is 1.65. The van der Waals surface area contributed by atoms with E-state index in [2.05, 4.69) is 55.8 Å². The number of allylic oxidation sites excluding steroid dienone is 1. The summed E-state index contributed by atoms with van der Waals surface area (Å²) in [5.74, 6) is 1.58. The fourth-order valence-electron chi connectivity index (χ4n) is 3.41. The maximum Gasteiger partial charge on any atom is 0.195 e. The molecule has 0 unspecified atom stereocenters. The smallest absolute Gasteiger partial charge is 0.195 e. The lowest BCUT2D eigenvalue weighted by Crippen LogP contribution is -2.10. The Hall–Kier alpha value is -2.37. The van der Waals surface area contributed by atoms with E-state index in [0.29, 0.717) is 6.61 Å². The summed E-state index contributed by atoms with van der Waals surface area (Å²) in [6, 6.07) is 16.0. The Labute approximate surface area is 209 Å². The molecule has 0 atom stereocenters. The van der Waals surface area contributed by atoms with E-state index in [9.17, 15) is 4.79 Å². The van der Waals surface area contributed by atoms with Crippen LogP contribution in [-0.4, -0.2) is 12.9 Å². The van der Waals surface area contributed by atoms with Crippen molar-refractivity contribution in [2.45, 2.75) is 52.6 Å².